The van der Waals surface area contributed by atoms with E-state index < -0.39 is 0 Å². The van der Waals surface area contributed by atoms with Gasteiger partial charge in [0.1, 0.15) is 6.61 Å². The molecule has 2 aromatic carbocycles. The fraction of sp³-hybridized carbons (Fsp3) is 0.455. The van der Waals surface area contributed by atoms with Crippen LogP contribution in [0.4, 0.5) is 0 Å². The van der Waals surface area contributed by atoms with Crippen molar-refractivity contribution in [1.29, 1.82) is 0 Å². The van der Waals surface area contributed by atoms with Gasteiger partial charge in [-0.15, -0.1) is 12.4 Å². The lowest BCUT2D eigenvalue weighted by Crippen LogP contribution is -2.16. The zero-order valence-corrected chi connectivity index (χ0v) is 21.2. The first-order chi connectivity index (χ1) is 14.0. The Labute approximate surface area is 204 Å². The lowest BCUT2D eigenvalue weighted by atomic mass is 10.2. The van der Waals surface area contributed by atoms with Crippen LogP contribution < -0.4 is 14.8 Å². The van der Waals surface area contributed by atoms with Crippen LogP contribution in [0, 0.1) is 0 Å². The lowest BCUT2D eigenvalue weighted by molar-refractivity contribution is 0.129. The maximum Gasteiger partial charge on any atom is 0.175 e. The second kappa shape index (κ2) is 15.2. The van der Waals surface area contributed by atoms with Crippen molar-refractivity contribution in [1.82, 2.24) is 5.32 Å². The normalized spacial score (nSPS) is 10.6. The molecule has 168 valence electrons. The number of benzene rings is 2. The number of rotatable bonds is 13. The molecule has 0 aliphatic rings. The first-order valence-corrected chi connectivity index (χ1v) is 11.3. The molecule has 0 spiro atoms. The topological polar surface area (TPSA) is 39.7 Å². The van der Waals surface area contributed by atoms with Gasteiger partial charge in [-0.25, -0.2) is 0 Å². The Morgan fingerprint density at radius 3 is 2.53 bits per heavy atom. The van der Waals surface area contributed by atoms with Gasteiger partial charge in [0.15, 0.2) is 11.5 Å². The summed E-state index contributed by atoms with van der Waals surface area (Å²) in [7, 11) is 1.63. The zero-order chi connectivity index (χ0) is 21.1. The molecule has 0 saturated heterocycles. The monoisotopic (exact) mass is 539 g/mol. The predicted molar refractivity (Wildman–Crippen MR) is 131 cm³/mol. The number of unbranched alkanes of at least 4 members (excludes halogenated alkanes) is 1. The molecule has 4 nitrogen and oxygen atoms in total. The van der Waals surface area contributed by atoms with Crippen molar-refractivity contribution in [3.8, 4) is 11.5 Å². The van der Waals surface area contributed by atoms with Crippen molar-refractivity contribution < 1.29 is 14.2 Å². The van der Waals surface area contributed by atoms with Gasteiger partial charge in [0.25, 0.3) is 0 Å². The Balaban J connectivity index is 0.00000450. The van der Waals surface area contributed by atoms with E-state index in [-0.39, 0.29) is 12.4 Å². The molecule has 30 heavy (non-hydrogen) atoms. The summed E-state index contributed by atoms with van der Waals surface area (Å²) >= 11 is 15.8. The fourth-order valence-corrected chi connectivity index (χ4v) is 3.75. The van der Waals surface area contributed by atoms with E-state index in [4.69, 9.17) is 37.4 Å². The second-order valence-corrected chi connectivity index (χ2v) is 8.33. The van der Waals surface area contributed by atoms with Gasteiger partial charge in [0, 0.05) is 35.4 Å². The summed E-state index contributed by atoms with van der Waals surface area (Å²) < 4.78 is 17.9. The summed E-state index contributed by atoms with van der Waals surface area (Å²) in [6.07, 6.45) is 3.28. The van der Waals surface area contributed by atoms with E-state index in [0.29, 0.717) is 28.2 Å². The van der Waals surface area contributed by atoms with Gasteiger partial charge in [-0.2, -0.15) is 0 Å². The molecule has 0 aliphatic carbocycles. The Kier molecular flexibility index (Phi) is 13.8. The quantitative estimate of drug-likeness (QED) is 0.276. The third kappa shape index (κ3) is 9.21. The average molecular weight is 542 g/mol. The molecule has 0 heterocycles. The van der Waals surface area contributed by atoms with Crippen LogP contribution >= 0.6 is 51.5 Å². The van der Waals surface area contributed by atoms with Gasteiger partial charge in [-0.1, -0.05) is 42.6 Å². The molecule has 8 heteroatoms. The van der Waals surface area contributed by atoms with Gasteiger partial charge in [0.05, 0.1) is 11.6 Å². The van der Waals surface area contributed by atoms with E-state index in [1.165, 1.54) is 6.42 Å². The highest BCUT2D eigenvalue weighted by Gasteiger charge is 2.13. The molecule has 0 fully saturated rings. The molecule has 0 radical (unpaired) electrons. The van der Waals surface area contributed by atoms with Crippen LogP contribution in [0.3, 0.4) is 0 Å². The molecular weight excluding hydrogens is 513 g/mol. The number of nitrogens with one attached hydrogen (secondary N) is 1. The Bertz CT molecular complexity index is 778. The first-order valence-electron chi connectivity index (χ1n) is 9.76. The van der Waals surface area contributed by atoms with Crippen LogP contribution in [-0.2, 0) is 17.9 Å². The van der Waals surface area contributed by atoms with Crippen LogP contribution in [0.25, 0.3) is 0 Å². The minimum absolute atomic E-state index is 0. The Morgan fingerprint density at radius 1 is 1.07 bits per heavy atom. The minimum Gasteiger partial charge on any atom is -0.493 e. The molecule has 2 aromatic rings. The smallest absolute Gasteiger partial charge is 0.175 e. The van der Waals surface area contributed by atoms with E-state index in [2.05, 4.69) is 28.2 Å². The lowest BCUT2D eigenvalue weighted by Gasteiger charge is -2.15. The largest absolute Gasteiger partial charge is 0.493 e. The van der Waals surface area contributed by atoms with Crippen molar-refractivity contribution in [2.24, 2.45) is 0 Å². The van der Waals surface area contributed by atoms with E-state index >= 15 is 0 Å². The van der Waals surface area contributed by atoms with Crippen LogP contribution in [-0.4, -0.2) is 26.9 Å². The van der Waals surface area contributed by atoms with Gasteiger partial charge >= 0.3 is 0 Å². The Hall–Kier alpha value is -0.690. The van der Waals surface area contributed by atoms with Crippen LogP contribution in [0.1, 0.15) is 37.3 Å². The van der Waals surface area contributed by atoms with Gasteiger partial charge in [0.2, 0.25) is 0 Å². The summed E-state index contributed by atoms with van der Waals surface area (Å²) in [5.74, 6) is 1.32. The molecule has 0 aromatic heterocycles. The predicted octanol–water partition coefficient (Wildman–Crippen LogP) is 7.06. The van der Waals surface area contributed by atoms with Crippen molar-refractivity contribution in [2.45, 2.75) is 39.3 Å². The fourth-order valence-electron chi connectivity index (χ4n) is 2.68. The van der Waals surface area contributed by atoms with E-state index in [1.54, 1.807) is 19.2 Å². The molecule has 2 rings (SSSR count). The number of hydrogen-bond donors (Lipinski definition) is 1. The van der Waals surface area contributed by atoms with Crippen molar-refractivity contribution in [3.05, 3.63) is 56.0 Å². The minimum atomic E-state index is 0. The summed E-state index contributed by atoms with van der Waals surface area (Å²) in [6, 6.07) is 9.37. The number of halogens is 4. The van der Waals surface area contributed by atoms with Crippen molar-refractivity contribution in [3.63, 3.8) is 0 Å². The molecular formula is C22H29BrCl3NO3. The van der Waals surface area contributed by atoms with Crippen LogP contribution in [0.5, 0.6) is 11.5 Å². The molecule has 0 atom stereocenters. The third-order valence-corrected chi connectivity index (χ3v) is 5.47. The van der Waals surface area contributed by atoms with Gasteiger partial charge < -0.3 is 19.5 Å². The molecule has 0 bridgehead atoms. The summed E-state index contributed by atoms with van der Waals surface area (Å²) in [5, 5.41) is 4.61. The molecule has 0 unspecified atom stereocenters. The van der Waals surface area contributed by atoms with Gasteiger partial charge in [-0.05, 0) is 65.1 Å². The number of ether oxygens (including phenoxy) is 3. The van der Waals surface area contributed by atoms with Crippen LogP contribution in [0.15, 0.2) is 34.8 Å². The summed E-state index contributed by atoms with van der Waals surface area (Å²) in [5.41, 5.74) is 1.97. The van der Waals surface area contributed by atoms with Crippen LogP contribution in [0.2, 0.25) is 10.0 Å². The second-order valence-electron chi connectivity index (χ2n) is 6.63. The first kappa shape index (κ1) is 27.3. The maximum atomic E-state index is 6.23. The number of methoxy groups -OCH3 is 1. The van der Waals surface area contributed by atoms with E-state index in [9.17, 15) is 0 Å². The SMILES string of the molecule is CCCCOCCCNCc1cc(Br)c(OCc2ccc(Cl)cc2Cl)c(OC)c1.Cl. The number of hydrogen-bond acceptors (Lipinski definition) is 4. The van der Waals surface area contributed by atoms with Crippen molar-refractivity contribution >= 4 is 51.5 Å². The standard InChI is InChI=1S/C22H28BrCl2NO3.ClH/c1-3-4-9-28-10-5-8-26-14-16-11-19(23)22(21(12-16)27-2)29-15-17-6-7-18(24)13-20(17)25;/h6-7,11-13,26H,3-5,8-10,14-15H2,1-2H3;1H. The maximum absolute atomic E-state index is 6.23. The molecule has 0 saturated carbocycles. The van der Waals surface area contributed by atoms with Crippen molar-refractivity contribution in [2.75, 3.05) is 26.9 Å². The summed E-state index contributed by atoms with van der Waals surface area (Å²) in [6.45, 7) is 5.77. The highest BCUT2D eigenvalue weighted by molar-refractivity contribution is 9.10. The highest BCUT2D eigenvalue weighted by atomic mass is 79.9. The van der Waals surface area contributed by atoms with E-state index in [1.807, 2.05) is 18.2 Å². The molecule has 0 amide bonds. The third-order valence-electron chi connectivity index (χ3n) is 4.29. The zero-order valence-electron chi connectivity index (χ0n) is 17.3. The molecule has 0 aliphatic heterocycles. The summed E-state index contributed by atoms with van der Waals surface area (Å²) in [4.78, 5) is 0. The van der Waals surface area contributed by atoms with Gasteiger partial charge in [-0.3, -0.25) is 0 Å². The Morgan fingerprint density at radius 2 is 1.83 bits per heavy atom. The molecule has 1 N–H and O–H groups in total. The van der Waals surface area contributed by atoms with E-state index in [0.717, 1.165) is 54.7 Å². The average Bonchev–Trinajstić information content (AvgIpc) is 2.70. The highest BCUT2D eigenvalue weighted by Crippen LogP contribution is 2.37.